The summed E-state index contributed by atoms with van der Waals surface area (Å²) >= 11 is 0. The molecule has 0 aliphatic rings. The summed E-state index contributed by atoms with van der Waals surface area (Å²) in [6.45, 7) is 2.38. The summed E-state index contributed by atoms with van der Waals surface area (Å²) in [6.07, 6.45) is -0.345. The lowest BCUT2D eigenvalue weighted by Crippen LogP contribution is -2.31. The van der Waals surface area contributed by atoms with E-state index in [0.29, 0.717) is 23.5 Å². The van der Waals surface area contributed by atoms with Gasteiger partial charge in [-0.2, -0.15) is 0 Å². The minimum Gasteiger partial charge on any atom is -0.494 e. The lowest BCUT2D eigenvalue weighted by Gasteiger charge is -2.18. The maximum Gasteiger partial charge on any atom is 0.305 e. The zero-order valence-corrected chi connectivity index (χ0v) is 14.7. The van der Waals surface area contributed by atoms with Gasteiger partial charge in [-0.05, 0) is 30.2 Å². The van der Waals surface area contributed by atoms with E-state index in [-0.39, 0.29) is 12.2 Å². The van der Waals surface area contributed by atoms with E-state index >= 15 is 0 Å². The number of sulfonamides is 1. The van der Waals surface area contributed by atoms with Crippen molar-refractivity contribution >= 4 is 16.0 Å². The van der Waals surface area contributed by atoms with Crippen molar-refractivity contribution in [2.45, 2.75) is 25.1 Å². The maximum atomic E-state index is 12.4. The molecular weight excluding hydrogens is 342 g/mol. The van der Waals surface area contributed by atoms with Gasteiger partial charge in [0.25, 0.3) is 0 Å². The quantitative estimate of drug-likeness (QED) is 0.715. The molecule has 2 rings (SSSR count). The number of hydrogen-bond donors (Lipinski definition) is 2. The van der Waals surface area contributed by atoms with E-state index in [1.165, 1.54) is 0 Å². The van der Waals surface area contributed by atoms with Crippen molar-refractivity contribution in [1.29, 1.82) is 0 Å². The van der Waals surface area contributed by atoms with Crippen LogP contribution < -0.4 is 9.46 Å². The number of nitrogens with one attached hydrogen (secondary N) is 1. The summed E-state index contributed by atoms with van der Waals surface area (Å²) in [7, 11) is -3.69. The average Bonchev–Trinajstić information content (AvgIpc) is 2.55. The molecule has 1 atom stereocenters. The summed E-state index contributed by atoms with van der Waals surface area (Å²) in [5, 5.41) is 9.11. The Labute approximate surface area is 147 Å². The smallest absolute Gasteiger partial charge is 0.305 e. The fraction of sp³-hybridized carbons (Fsp3) is 0.278. The second-order valence-corrected chi connectivity index (χ2v) is 7.27. The van der Waals surface area contributed by atoms with Gasteiger partial charge in [0.1, 0.15) is 5.75 Å². The van der Waals surface area contributed by atoms with E-state index < -0.39 is 22.0 Å². The predicted octanol–water partition coefficient (Wildman–Crippen LogP) is 2.72. The molecule has 2 aromatic carbocycles. The van der Waals surface area contributed by atoms with Gasteiger partial charge in [0.15, 0.2) is 0 Å². The van der Waals surface area contributed by atoms with Crippen molar-refractivity contribution in [3.8, 4) is 5.75 Å². The Hall–Kier alpha value is -2.38. The second-order valence-electron chi connectivity index (χ2n) is 5.52. The molecule has 0 saturated heterocycles. The van der Waals surface area contributed by atoms with E-state index in [9.17, 15) is 13.2 Å². The third-order valence-corrected chi connectivity index (χ3v) is 4.85. The number of aliphatic carboxylic acids is 1. The van der Waals surface area contributed by atoms with Gasteiger partial charge in [-0.3, -0.25) is 4.79 Å². The van der Waals surface area contributed by atoms with Crippen LogP contribution in [0.3, 0.4) is 0 Å². The fourth-order valence-electron chi connectivity index (χ4n) is 2.42. The van der Waals surface area contributed by atoms with E-state index in [2.05, 4.69) is 4.72 Å². The Morgan fingerprint density at radius 1 is 1.12 bits per heavy atom. The predicted molar refractivity (Wildman–Crippen MR) is 94.8 cm³/mol. The second kappa shape index (κ2) is 8.64. The molecule has 0 aliphatic heterocycles. The van der Waals surface area contributed by atoms with Gasteiger partial charge in [-0.15, -0.1) is 0 Å². The molecule has 6 nitrogen and oxygen atoms in total. The number of ether oxygens (including phenoxy) is 1. The Bertz CT molecular complexity index is 788. The van der Waals surface area contributed by atoms with Crippen molar-refractivity contribution in [2.75, 3.05) is 6.61 Å². The first-order valence-electron chi connectivity index (χ1n) is 7.88. The van der Waals surface area contributed by atoms with Crippen LogP contribution in [0, 0.1) is 0 Å². The SMILES string of the molecule is CCOc1ccc([C@@H](CC(=O)O)NS(=O)(=O)Cc2ccccc2)cc1. The third kappa shape index (κ3) is 6.21. The van der Waals surface area contributed by atoms with Crippen molar-refractivity contribution < 1.29 is 23.1 Å². The summed E-state index contributed by atoms with van der Waals surface area (Å²) in [6, 6.07) is 14.6. The van der Waals surface area contributed by atoms with Crippen LogP contribution in [-0.2, 0) is 20.6 Å². The minimum atomic E-state index is -3.69. The number of carboxylic acid groups (broad SMARTS) is 1. The van der Waals surface area contributed by atoms with Crippen LogP contribution in [0.5, 0.6) is 5.75 Å². The average molecular weight is 363 g/mol. The third-order valence-electron chi connectivity index (χ3n) is 3.49. The van der Waals surface area contributed by atoms with Crippen molar-refractivity contribution in [1.82, 2.24) is 4.72 Å². The number of carbonyl (C=O) groups is 1. The Morgan fingerprint density at radius 3 is 2.32 bits per heavy atom. The fourth-order valence-corrected chi connectivity index (χ4v) is 3.78. The molecule has 7 heteroatoms. The summed E-state index contributed by atoms with van der Waals surface area (Å²) in [5.41, 5.74) is 1.21. The molecule has 0 saturated carbocycles. The topological polar surface area (TPSA) is 92.7 Å². The van der Waals surface area contributed by atoms with Gasteiger partial charge in [0.05, 0.1) is 24.8 Å². The molecule has 2 aromatic rings. The van der Waals surface area contributed by atoms with E-state index in [1.54, 1.807) is 54.6 Å². The molecule has 0 fully saturated rings. The van der Waals surface area contributed by atoms with Crippen molar-refractivity contribution in [3.05, 3.63) is 65.7 Å². The highest BCUT2D eigenvalue weighted by molar-refractivity contribution is 7.88. The van der Waals surface area contributed by atoms with Crippen molar-refractivity contribution in [2.24, 2.45) is 0 Å². The molecule has 0 aromatic heterocycles. The van der Waals surface area contributed by atoms with Crippen LogP contribution in [0.2, 0.25) is 0 Å². The molecule has 0 aliphatic carbocycles. The largest absolute Gasteiger partial charge is 0.494 e. The molecule has 0 spiro atoms. The first kappa shape index (κ1) is 19.0. The normalized spacial score (nSPS) is 12.5. The standard InChI is InChI=1S/C18H21NO5S/c1-2-24-16-10-8-15(9-11-16)17(12-18(20)21)19-25(22,23)13-14-6-4-3-5-7-14/h3-11,17,19H,2,12-13H2,1H3,(H,20,21)/t17-/m1/s1. The number of carboxylic acids is 1. The molecule has 0 radical (unpaired) electrons. The molecule has 0 unspecified atom stereocenters. The Kier molecular flexibility index (Phi) is 6.55. The summed E-state index contributed by atoms with van der Waals surface area (Å²) in [4.78, 5) is 11.1. The lowest BCUT2D eigenvalue weighted by molar-refractivity contribution is -0.137. The highest BCUT2D eigenvalue weighted by atomic mass is 32.2. The molecule has 25 heavy (non-hydrogen) atoms. The van der Waals surface area contributed by atoms with Crippen molar-refractivity contribution in [3.63, 3.8) is 0 Å². The summed E-state index contributed by atoms with van der Waals surface area (Å²) < 4.78 is 32.6. The van der Waals surface area contributed by atoms with Crippen LogP contribution in [0.4, 0.5) is 0 Å². The molecule has 2 N–H and O–H groups in total. The Balaban J connectivity index is 2.17. The summed E-state index contributed by atoms with van der Waals surface area (Å²) in [5.74, 6) is -0.644. The van der Waals surface area contributed by atoms with Gasteiger partial charge >= 0.3 is 5.97 Å². The first-order valence-corrected chi connectivity index (χ1v) is 9.53. The van der Waals surface area contributed by atoms with E-state index in [1.807, 2.05) is 6.92 Å². The van der Waals surface area contributed by atoms with E-state index in [0.717, 1.165) is 0 Å². The number of hydrogen-bond acceptors (Lipinski definition) is 4. The van der Waals surface area contributed by atoms with Gasteiger partial charge < -0.3 is 9.84 Å². The van der Waals surface area contributed by atoms with Crippen LogP contribution in [0.1, 0.15) is 30.5 Å². The maximum absolute atomic E-state index is 12.4. The first-order chi connectivity index (χ1) is 11.9. The molecular formula is C18H21NO5S. The molecule has 0 amide bonds. The molecule has 134 valence electrons. The Morgan fingerprint density at radius 2 is 1.76 bits per heavy atom. The van der Waals surface area contributed by atoms with Crippen LogP contribution in [0.15, 0.2) is 54.6 Å². The molecule has 0 heterocycles. The monoisotopic (exact) mass is 363 g/mol. The highest BCUT2D eigenvalue weighted by Gasteiger charge is 2.22. The van der Waals surface area contributed by atoms with E-state index in [4.69, 9.17) is 9.84 Å². The number of benzene rings is 2. The number of rotatable bonds is 9. The van der Waals surface area contributed by atoms with Gasteiger partial charge in [0.2, 0.25) is 10.0 Å². The van der Waals surface area contributed by atoms with Crippen LogP contribution >= 0.6 is 0 Å². The van der Waals surface area contributed by atoms with Gasteiger partial charge in [-0.1, -0.05) is 42.5 Å². The zero-order valence-electron chi connectivity index (χ0n) is 13.9. The van der Waals surface area contributed by atoms with Crippen LogP contribution in [0.25, 0.3) is 0 Å². The highest BCUT2D eigenvalue weighted by Crippen LogP contribution is 2.22. The lowest BCUT2D eigenvalue weighted by atomic mass is 10.0. The molecule has 0 bridgehead atoms. The van der Waals surface area contributed by atoms with Gasteiger partial charge in [0, 0.05) is 0 Å². The minimum absolute atomic E-state index is 0.207. The van der Waals surface area contributed by atoms with Crippen LogP contribution in [-0.4, -0.2) is 26.1 Å². The van der Waals surface area contributed by atoms with Gasteiger partial charge in [-0.25, -0.2) is 13.1 Å². The zero-order chi connectivity index (χ0) is 18.3.